The molecule has 0 radical (unpaired) electrons. The van der Waals surface area contributed by atoms with Gasteiger partial charge in [0.15, 0.2) is 11.5 Å². The van der Waals surface area contributed by atoms with Crippen LogP contribution in [0.1, 0.15) is 5.56 Å². The van der Waals surface area contributed by atoms with E-state index in [2.05, 4.69) is 5.43 Å². The normalized spacial score (nSPS) is 15.3. The molecule has 3 rings (SSSR count). The summed E-state index contributed by atoms with van der Waals surface area (Å²) in [6.45, 7) is 0. The first-order valence-corrected chi connectivity index (χ1v) is 8.72. The maximum atomic E-state index is 12.7. The molecule has 2 amide bonds. The molecule has 9 heteroatoms. The van der Waals surface area contributed by atoms with Crippen molar-refractivity contribution in [3.05, 3.63) is 56.5 Å². The standard InChI is InChI=1S/C18H13Cl3N2O4/c1-26-15-7-9(6-14(21)16(15)27-2)5-11-17(24)22-23(18(11)25)10-3-4-12(19)13(20)8-10/h3-8H,1-2H3,(H,22,24). The molecule has 0 aromatic heterocycles. The van der Waals surface area contributed by atoms with E-state index in [-0.39, 0.29) is 15.6 Å². The molecule has 0 bridgehead atoms. The average molecular weight is 428 g/mol. The van der Waals surface area contributed by atoms with Crippen molar-refractivity contribution < 1.29 is 19.1 Å². The molecule has 27 heavy (non-hydrogen) atoms. The molecule has 1 heterocycles. The van der Waals surface area contributed by atoms with Crippen molar-refractivity contribution in [2.45, 2.75) is 0 Å². The highest BCUT2D eigenvalue weighted by Crippen LogP contribution is 2.37. The van der Waals surface area contributed by atoms with Gasteiger partial charge in [0.2, 0.25) is 0 Å². The van der Waals surface area contributed by atoms with E-state index in [9.17, 15) is 9.59 Å². The van der Waals surface area contributed by atoms with Crippen LogP contribution >= 0.6 is 34.8 Å². The maximum Gasteiger partial charge on any atom is 0.282 e. The Bertz CT molecular complexity index is 975. The van der Waals surface area contributed by atoms with Crippen LogP contribution in [0.15, 0.2) is 35.9 Å². The van der Waals surface area contributed by atoms with Crippen molar-refractivity contribution in [1.29, 1.82) is 0 Å². The molecule has 0 unspecified atom stereocenters. The molecular weight excluding hydrogens is 415 g/mol. The summed E-state index contributed by atoms with van der Waals surface area (Å²) >= 11 is 18.0. The maximum absolute atomic E-state index is 12.7. The zero-order valence-corrected chi connectivity index (χ0v) is 16.4. The number of methoxy groups -OCH3 is 2. The first kappa shape index (κ1) is 19.4. The third-order valence-electron chi connectivity index (χ3n) is 3.82. The van der Waals surface area contributed by atoms with Gasteiger partial charge >= 0.3 is 0 Å². The third-order valence-corrected chi connectivity index (χ3v) is 4.84. The molecule has 1 fully saturated rings. The molecule has 1 N–H and O–H groups in total. The Labute approximate surface area is 170 Å². The monoisotopic (exact) mass is 426 g/mol. The predicted octanol–water partition coefficient (Wildman–Crippen LogP) is 4.13. The van der Waals surface area contributed by atoms with Gasteiger partial charge < -0.3 is 9.47 Å². The number of anilines is 1. The molecule has 0 aliphatic carbocycles. The Morgan fingerprint density at radius 3 is 2.33 bits per heavy atom. The average Bonchev–Trinajstić information content (AvgIpc) is 2.91. The number of hydrogen-bond acceptors (Lipinski definition) is 4. The molecule has 6 nitrogen and oxygen atoms in total. The lowest BCUT2D eigenvalue weighted by molar-refractivity contribution is -0.117. The Morgan fingerprint density at radius 2 is 1.70 bits per heavy atom. The first-order valence-electron chi connectivity index (χ1n) is 7.59. The quantitative estimate of drug-likeness (QED) is 0.588. The fourth-order valence-electron chi connectivity index (χ4n) is 2.55. The van der Waals surface area contributed by atoms with Crippen molar-refractivity contribution in [3.63, 3.8) is 0 Å². The van der Waals surface area contributed by atoms with Crippen molar-refractivity contribution in [3.8, 4) is 11.5 Å². The van der Waals surface area contributed by atoms with Crippen molar-refractivity contribution in [2.75, 3.05) is 19.2 Å². The summed E-state index contributed by atoms with van der Waals surface area (Å²) in [6, 6.07) is 7.77. The summed E-state index contributed by atoms with van der Waals surface area (Å²) in [7, 11) is 2.93. The van der Waals surface area contributed by atoms with E-state index in [0.29, 0.717) is 27.8 Å². The highest BCUT2D eigenvalue weighted by atomic mass is 35.5. The second kappa shape index (κ2) is 7.68. The van der Waals surface area contributed by atoms with E-state index < -0.39 is 11.8 Å². The predicted molar refractivity (Wildman–Crippen MR) is 105 cm³/mol. The Kier molecular flexibility index (Phi) is 5.51. The van der Waals surface area contributed by atoms with Gasteiger partial charge in [-0.05, 0) is 42.0 Å². The Hall–Kier alpha value is -2.41. The van der Waals surface area contributed by atoms with Crippen molar-refractivity contribution >= 4 is 58.4 Å². The van der Waals surface area contributed by atoms with Crippen LogP contribution in [0.4, 0.5) is 5.69 Å². The number of nitrogens with one attached hydrogen (secondary N) is 1. The molecule has 0 atom stereocenters. The number of carbonyl (C=O) groups excluding carboxylic acids is 2. The second-order valence-corrected chi connectivity index (χ2v) is 6.70. The number of rotatable bonds is 4. The number of benzene rings is 2. The van der Waals surface area contributed by atoms with E-state index >= 15 is 0 Å². The van der Waals surface area contributed by atoms with Gasteiger partial charge in [-0.3, -0.25) is 15.0 Å². The number of ether oxygens (including phenoxy) is 2. The molecule has 1 saturated heterocycles. The molecule has 2 aromatic rings. The number of hydrazine groups is 1. The van der Waals surface area contributed by atoms with Gasteiger partial charge in [-0.15, -0.1) is 0 Å². The van der Waals surface area contributed by atoms with Crippen molar-refractivity contribution in [2.24, 2.45) is 0 Å². The summed E-state index contributed by atoms with van der Waals surface area (Å²) in [5.41, 5.74) is 3.32. The lowest BCUT2D eigenvalue weighted by Crippen LogP contribution is -2.35. The van der Waals surface area contributed by atoms with Gasteiger partial charge in [-0.2, -0.15) is 0 Å². The van der Waals surface area contributed by atoms with Crippen LogP contribution in [0, 0.1) is 0 Å². The van der Waals surface area contributed by atoms with Crippen LogP contribution in [0.3, 0.4) is 0 Å². The number of nitrogens with zero attached hydrogens (tertiary/aromatic N) is 1. The van der Waals surface area contributed by atoms with Gasteiger partial charge in [0.1, 0.15) is 5.57 Å². The first-order chi connectivity index (χ1) is 12.8. The van der Waals surface area contributed by atoms with E-state index in [1.807, 2.05) is 0 Å². The minimum atomic E-state index is -0.558. The van der Waals surface area contributed by atoms with Gasteiger partial charge in [-0.25, -0.2) is 5.01 Å². The van der Waals surface area contributed by atoms with Gasteiger partial charge in [0.05, 0.1) is 35.0 Å². The Morgan fingerprint density at radius 1 is 0.963 bits per heavy atom. The number of hydrogen-bond donors (Lipinski definition) is 1. The van der Waals surface area contributed by atoms with E-state index in [0.717, 1.165) is 5.01 Å². The van der Waals surface area contributed by atoms with Crippen LogP contribution in [-0.2, 0) is 9.59 Å². The fraction of sp³-hybridized carbons (Fsp3) is 0.111. The smallest absolute Gasteiger partial charge is 0.282 e. The minimum absolute atomic E-state index is 0.0654. The fourth-order valence-corrected chi connectivity index (χ4v) is 3.14. The zero-order valence-electron chi connectivity index (χ0n) is 14.2. The van der Waals surface area contributed by atoms with Gasteiger partial charge in [0, 0.05) is 0 Å². The lowest BCUT2D eigenvalue weighted by atomic mass is 10.1. The van der Waals surface area contributed by atoms with Crippen LogP contribution in [-0.4, -0.2) is 26.0 Å². The zero-order chi connectivity index (χ0) is 19.7. The number of halogens is 3. The number of carbonyl (C=O) groups is 2. The molecule has 2 aromatic carbocycles. The largest absolute Gasteiger partial charge is 0.493 e. The van der Waals surface area contributed by atoms with E-state index in [4.69, 9.17) is 44.3 Å². The second-order valence-electron chi connectivity index (χ2n) is 5.48. The molecule has 1 aliphatic heterocycles. The summed E-state index contributed by atoms with van der Waals surface area (Å²) in [6.07, 6.45) is 1.42. The summed E-state index contributed by atoms with van der Waals surface area (Å²) in [4.78, 5) is 25.0. The molecule has 0 spiro atoms. The lowest BCUT2D eigenvalue weighted by Gasteiger charge is -2.15. The Balaban J connectivity index is 1.98. The molecular formula is C18H13Cl3N2O4. The SMILES string of the molecule is COc1cc(C=C2C(=O)NN(c3ccc(Cl)c(Cl)c3)C2=O)cc(Cl)c1OC. The van der Waals surface area contributed by atoms with Crippen LogP contribution in [0.25, 0.3) is 6.08 Å². The van der Waals surface area contributed by atoms with Gasteiger partial charge in [0.25, 0.3) is 11.8 Å². The van der Waals surface area contributed by atoms with Gasteiger partial charge in [-0.1, -0.05) is 34.8 Å². The van der Waals surface area contributed by atoms with E-state index in [1.165, 1.54) is 32.4 Å². The molecule has 140 valence electrons. The third kappa shape index (κ3) is 3.69. The summed E-state index contributed by atoms with van der Waals surface area (Å²) in [5.74, 6) is -0.355. The van der Waals surface area contributed by atoms with Crippen LogP contribution in [0.2, 0.25) is 15.1 Å². The topological polar surface area (TPSA) is 67.9 Å². The number of amides is 2. The highest BCUT2D eigenvalue weighted by molar-refractivity contribution is 6.42. The molecule has 0 saturated carbocycles. The molecule has 1 aliphatic rings. The minimum Gasteiger partial charge on any atom is -0.493 e. The summed E-state index contributed by atoms with van der Waals surface area (Å²) < 4.78 is 10.4. The summed E-state index contributed by atoms with van der Waals surface area (Å²) in [5, 5.41) is 1.99. The van der Waals surface area contributed by atoms with Crippen LogP contribution in [0.5, 0.6) is 11.5 Å². The van der Waals surface area contributed by atoms with E-state index in [1.54, 1.807) is 18.2 Å². The van der Waals surface area contributed by atoms with Crippen LogP contribution < -0.4 is 19.9 Å². The highest BCUT2D eigenvalue weighted by Gasteiger charge is 2.34. The van der Waals surface area contributed by atoms with Crippen molar-refractivity contribution in [1.82, 2.24) is 5.43 Å².